The van der Waals surface area contributed by atoms with Crippen molar-refractivity contribution in [2.24, 2.45) is 5.92 Å². The minimum absolute atomic E-state index is 0.0216. The average Bonchev–Trinajstić information content (AvgIpc) is 3.13. The molecule has 0 bridgehead atoms. The molecule has 1 aliphatic carbocycles. The first-order chi connectivity index (χ1) is 15.0. The molecule has 0 spiro atoms. The van der Waals surface area contributed by atoms with E-state index in [9.17, 15) is 13.5 Å². The Kier molecular flexibility index (Phi) is 7.87. The van der Waals surface area contributed by atoms with Gasteiger partial charge in [0.25, 0.3) is 0 Å². The number of aliphatic hydroxyl groups excluding tert-OH is 1. The second-order valence-corrected chi connectivity index (χ2v) is 11.7. The lowest BCUT2D eigenvalue weighted by atomic mass is 9.88. The van der Waals surface area contributed by atoms with Gasteiger partial charge < -0.3 is 10.4 Å². The van der Waals surface area contributed by atoms with Gasteiger partial charge in [-0.2, -0.15) is 4.31 Å². The Bertz CT molecular complexity index is 1010. The number of β-amino-alcohol motifs (C(OH)–C–C–N with tert-alkyl or cyclic N) is 1. The first-order valence-corrected chi connectivity index (χ1v) is 12.8. The van der Waals surface area contributed by atoms with Gasteiger partial charge in [0, 0.05) is 25.7 Å². The number of aliphatic hydroxyl groups is 1. The minimum atomic E-state index is -3.71. The first-order valence-electron chi connectivity index (χ1n) is 11.4. The van der Waals surface area contributed by atoms with Crippen molar-refractivity contribution in [3.05, 3.63) is 59.2 Å². The molecule has 2 N–H and O–H groups in total. The average molecular weight is 454 g/mol. The van der Waals surface area contributed by atoms with Crippen LogP contribution in [0.1, 0.15) is 43.9 Å². The quantitative estimate of drug-likeness (QED) is 0.540. The van der Waals surface area contributed by atoms with Crippen LogP contribution in [-0.4, -0.2) is 57.5 Å². The molecule has 0 amide bonds. The Labute approximate surface area is 194 Å². The third kappa shape index (κ3) is 6.01. The molecular weight excluding hydrogens is 419 g/mol. The fraction of sp³-hybridized carbons (Fsp3) is 0.520. The monoisotopic (exact) mass is 454 g/mol. The van der Waals surface area contributed by atoms with Gasteiger partial charge in [-0.25, -0.2) is 8.42 Å². The van der Waals surface area contributed by atoms with Gasteiger partial charge in [-0.05, 0) is 68.2 Å². The highest BCUT2D eigenvalue weighted by Crippen LogP contribution is 2.31. The summed E-state index contributed by atoms with van der Waals surface area (Å²) in [6, 6.07) is 13.5. The highest BCUT2D eigenvalue weighted by Gasteiger charge is 2.29. The number of nitrogens with one attached hydrogen (secondary N) is 1. The summed E-state index contributed by atoms with van der Waals surface area (Å²) in [7, 11) is 3.61. The maximum atomic E-state index is 13.1. The number of rotatable bonds is 10. The van der Waals surface area contributed by atoms with Crippen LogP contribution >= 0.6 is 0 Å². The van der Waals surface area contributed by atoms with E-state index in [0.29, 0.717) is 29.9 Å². The van der Waals surface area contributed by atoms with Crippen molar-refractivity contribution in [1.82, 2.24) is 9.62 Å². The van der Waals surface area contributed by atoms with Crippen LogP contribution in [0.3, 0.4) is 0 Å². The van der Waals surface area contributed by atoms with Gasteiger partial charge in [0.1, 0.15) is 7.85 Å². The number of sulfonamides is 1. The van der Waals surface area contributed by atoms with E-state index in [1.165, 1.54) is 22.5 Å². The van der Waals surface area contributed by atoms with Crippen LogP contribution in [0.4, 0.5) is 0 Å². The summed E-state index contributed by atoms with van der Waals surface area (Å²) >= 11 is 0. The van der Waals surface area contributed by atoms with E-state index >= 15 is 0 Å². The van der Waals surface area contributed by atoms with Crippen LogP contribution in [0.2, 0.25) is 0 Å². The third-order valence-corrected chi connectivity index (χ3v) is 8.30. The van der Waals surface area contributed by atoms with E-state index in [-0.39, 0.29) is 17.0 Å². The molecule has 0 heterocycles. The summed E-state index contributed by atoms with van der Waals surface area (Å²) in [5.74, 6) is 0.577. The zero-order valence-electron chi connectivity index (χ0n) is 19.6. The Morgan fingerprint density at radius 2 is 1.81 bits per heavy atom. The number of likely N-dealkylation sites (N-methyl/N-ethyl adjacent to an activating group) is 1. The van der Waals surface area contributed by atoms with Crippen LogP contribution in [0.25, 0.3) is 0 Å². The molecule has 0 fully saturated rings. The van der Waals surface area contributed by atoms with Crippen LogP contribution in [-0.2, 0) is 29.3 Å². The molecule has 7 heteroatoms. The smallest absolute Gasteiger partial charge is 0.243 e. The largest absolute Gasteiger partial charge is 0.390 e. The van der Waals surface area contributed by atoms with Crippen molar-refractivity contribution in [1.29, 1.82) is 0 Å². The third-order valence-electron chi connectivity index (χ3n) is 6.37. The van der Waals surface area contributed by atoms with E-state index in [0.717, 1.165) is 19.3 Å². The molecule has 1 atom stereocenters. The molecular formula is C25H35BN2O3S. The zero-order chi connectivity index (χ0) is 23.5. The molecule has 5 nitrogen and oxygen atoms in total. The molecule has 0 saturated heterocycles. The molecule has 0 aliphatic heterocycles. The lowest BCUT2D eigenvalue weighted by molar-refractivity contribution is 0.135. The Morgan fingerprint density at radius 1 is 1.19 bits per heavy atom. The van der Waals surface area contributed by atoms with E-state index in [4.69, 9.17) is 7.85 Å². The number of fused-ring (bicyclic) bond motifs is 1. The summed E-state index contributed by atoms with van der Waals surface area (Å²) in [4.78, 5) is 0.248. The minimum Gasteiger partial charge on any atom is -0.390 e. The standard InChI is InChI=1S/C25H35BN2O3S/c1-5-19-14-22(26)10-11-24(19)32(30,31)28(4)17-23(29)16-27-25(2,3)15-18-12-20-8-6-7-9-21(20)13-18/h6-11,14,18,23,27,29H,5,12-13,15-17H2,1-4H3/t23-/m1/s1. The molecule has 1 aliphatic rings. The van der Waals surface area contributed by atoms with Crippen molar-refractivity contribution < 1.29 is 13.5 Å². The van der Waals surface area contributed by atoms with Gasteiger partial charge in [-0.15, -0.1) is 0 Å². The second kappa shape index (κ2) is 10.1. The maximum absolute atomic E-state index is 13.1. The van der Waals surface area contributed by atoms with Crippen molar-refractivity contribution in [2.45, 2.75) is 63.0 Å². The lowest BCUT2D eigenvalue weighted by Gasteiger charge is -2.31. The topological polar surface area (TPSA) is 69.6 Å². The van der Waals surface area contributed by atoms with Crippen molar-refractivity contribution >= 4 is 23.3 Å². The maximum Gasteiger partial charge on any atom is 0.243 e. The van der Waals surface area contributed by atoms with Crippen LogP contribution in [0.5, 0.6) is 0 Å². The Morgan fingerprint density at radius 3 is 2.41 bits per heavy atom. The molecule has 2 aromatic rings. The molecule has 2 radical (unpaired) electrons. The summed E-state index contributed by atoms with van der Waals surface area (Å²) in [6.07, 6.45) is 2.93. The van der Waals surface area contributed by atoms with Gasteiger partial charge >= 0.3 is 0 Å². The molecule has 172 valence electrons. The van der Waals surface area contributed by atoms with Crippen LogP contribution in [0.15, 0.2) is 47.4 Å². The van der Waals surface area contributed by atoms with Gasteiger partial charge in [0.05, 0.1) is 11.0 Å². The second-order valence-electron chi connectivity index (χ2n) is 9.67. The molecule has 32 heavy (non-hydrogen) atoms. The molecule has 3 rings (SSSR count). The van der Waals surface area contributed by atoms with Gasteiger partial charge in [0.2, 0.25) is 10.0 Å². The summed E-state index contributed by atoms with van der Waals surface area (Å²) < 4.78 is 27.3. The molecule has 2 aromatic carbocycles. The van der Waals surface area contributed by atoms with Gasteiger partial charge in [-0.3, -0.25) is 0 Å². The van der Waals surface area contributed by atoms with E-state index in [2.05, 4.69) is 43.4 Å². The Hall–Kier alpha value is -1.67. The molecule has 0 aromatic heterocycles. The predicted octanol–water partition coefficient (Wildman–Crippen LogP) is 2.20. The highest BCUT2D eigenvalue weighted by atomic mass is 32.2. The van der Waals surface area contributed by atoms with E-state index < -0.39 is 16.1 Å². The van der Waals surface area contributed by atoms with Gasteiger partial charge in [-0.1, -0.05) is 48.8 Å². The fourth-order valence-corrected chi connectivity index (χ4v) is 6.22. The molecule has 0 saturated carbocycles. The highest BCUT2D eigenvalue weighted by molar-refractivity contribution is 7.89. The normalized spacial score (nSPS) is 15.8. The van der Waals surface area contributed by atoms with E-state index in [1.807, 2.05) is 6.92 Å². The van der Waals surface area contributed by atoms with E-state index in [1.54, 1.807) is 18.2 Å². The Balaban J connectivity index is 1.54. The van der Waals surface area contributed by atoms with Crippen molar-refractivity contribution in [3.63, 3.8) is 0 Å². The number of aryl methyl sites for hydroxylation is 1. The number of benzene rings is 2. The summed E-state index contributed by atoms with van der Waals surface area (Å²) in [5, 5.41) is 14.0. The zero-order valence-corrected chi connectivity index (χ0v) is 20.5. The molecule has 0 unspecified atom stereocenters. The van der Waals surface area contributed by atoms with Crippen LogP contribution in [0, 0.1) is 5.92 Å². The SMILES string of the molecule is [B]c1ccc(S(=O)(=O)N(C)C[C@H](O)CNC(C)(C)CC2Cc3ccccc3C2)c(CC)c1. The fourth-order valence-electron chi connectivity index (χ4n) is 4.74. The van der Waals surface area contributed by atoms with Gasteiger partial charge in [0.15, 0.2) is 0 Å². The number of hydrogen-bond donors (Lipinski definition) is 2. The summed E-state index contributed by atoms with van der Waals surface area (Å²) in [6.45, 7) is 6.54. The number of nitrogens with zero attached hydrogens (tertiary/aromatic N) is 1. The predicted molar refractivity (Wildman–Crippen MR) is 131 cm³/mol. The van der Waals surface area contributed by atoms with Crippen molar-refractivity contribution in [2.75, 3.05) is 20.1 Å². The first kappa shape index (κ1) is 25.0. The lowest BCUT2D eigenvalue weighted by Crippen LogP contribution is -2.47. The summed E-state index contributed by atoms with van der Waals surface area (Å²) in [5.41, 5.74) is 3.95. The number of hydrogen-bond acceptors (Lipinski definition) is 4. The van der Waals surface area contributed by atoms with Crippen molar-refractivity contribution in [3.8, 4) is 0 Å². The van der Waals surface area contributed by atoms with Crippen LogP contribution < -0.4 is 10.8 Å².